The minimum absolute atomic E-state index is 0.185. The van der Waals surface area contributed by atoms with Crippen LogP contribution in [0.4, 0.5) is 0 Å². The van der Waals surface area contributed by atoms with Crippen molar-refractivity contribution in [3.8, 4) is 0 Å². The number of carbonyl (C=O) groups is 3. The summed E-state index contributed by atoms with van der Waals surface area (Å²) in [6.45, 7) is 4.85. The largest absolute Gasteiger partial charge is 0.477 e. The summed E-state index contributed by atoms with van der Waals surface area (Å²) in [6, 6.07) is 0. The Bertz CT molecular complexity index is 1350. The van der Waals surface area contributed by atoms with Crippen LogP contribution in [0.3, 0.4) is 0 Å². The van der Waals surface area contributed by atoms with Crippen molar-refractivity contribution in [3.05, 3.63) is 60.8 Å². The monoisotopic (exact) mass is 999 g/mol. The fraction of sp³-hybridized carbons (Fsp3) is 0.790. The minimum atomic E-state index is -1.51. The van der Waals surface area contributed by atoms with E-state index in [0.29, 0.717) is 17.4 Å². The highest BCUT2D eigenvalue weighted by atomic mass is 16.7. The molecule has 0 aromatic rings. The Morgan fingerprint density at radius 2 is 0.761 bits per heavy atom. The van der Waals surface area contributed by atoms with Gasteiger partial charge in [0.15, 0.2) is 6.10 Å². The third-order valence-electron chi connectivity index (χ3n) is 12.7. The number of unbranched alkanes of at least 4 members (excludes halogenated alkanes) is 29. The fourth-order valence-electron chi connectivity index (χ4n) is 8.17. The average molecular weight is 1000 g/mol. The molecule has 0 aliphatic carbocycles. The molecule has 2 atom stereocenters. The lowest BCUT2D eigenvalue weighted by atomic mass is 10.0. The van der Waals surface area contributed by atoms with E-state index in [-0.39, 0.29) is 32.2 Å². The van der Waals surface area contributed by atoms with E-state index in [4.69, 9.17) is 18.9 Å². The lowest BCUT2D eigenvalue weighted by Crippen LogP contribution is -2.40. The summed E-state index contributed by atoms with van der Waals surface area (Å²) in [5.41, 5.74) is 0. The molecule has 0 aromatic carbocycles. The number of hydrogen-bond acceptors (Lipinski definition) is 7. The highest BCUT2D eigenvalue weighted by Gasteiger charge is 2.25. The van der Waals surface area contributed by atoms with Crippen LogP contribution in [0.15, 0.2) is 60.8 Å². The minimum Gasteiger partial charge on any atom is -0.477 e. The molecule has 0 fully saturated rings. The molecule has 412 valence electrons. The summed E-state index contributed by atoms with van der Waals surface area (Å²) < 4.78 is 22.9. The Labute approximate surface area is 437 Å². The highest BCUT2D eigenvalue weighted by molar-refractivity contribution is 5.71. The molecule has 9 heteroatoms. The van der Waals surface area contributed by atoms with E-state index in [1.165, 1.54) is 173 Å². The number of ether oxygens (including phenoxy) is 4. The second kappa shape index (κ2) is 53.3. The summed E-state index contributed by atoms with van der Waals surface area (Å²) in [5.74, 6) is -2.01. The van der Waals surface area contributed by atoms with Crippen LogP contribution < -0.4 is 0 Å². The number of quaternary nitrogens is 1. The van der Waals surface area contributed by atoms with Crippen molar-refractivity contribution in [3.63, 3.8) is 0 Å². The van der Waals surface area contributed by atoms with Gasteiger partial charge in [-0.3, -0.25) is 9.59 Å². The predicted octanol–water partition coefficient (Wildman–Crippen LogP) is 17.2. The second-order valence-electron chi connectivity index (χ2n) is 20.9. The molecular weight excluding hydrogens is 887 g/mol. The molecule has 0 heterocycles. The summed E-state index contributed by atoms with van der Waals surface area (Å²) in [4.78, 5) is 37.4. The first kappa shape index (κ1) is 68.0. The van der Waals surface area contributed by atoms with Crippen molar-refractivity contribution in [2.75, 3.05) is 47.5 Å². The molecule has 0 aromatic heterocycles. The summed E-state index contributed by atoms with van der Waals surface area (Å²) in [5, 5.41) is 9.70. The van der Waals surface area contributed by atoms with E-state index < -0.39 is 24.3 Å². The molecule has 9 nitrogen and oxygen atoms in total. The molecule has 2 unspecified atom stereocenters. The maximum absolute atomic E-state index is 12.9. The Hall–Kier alpha value is -3.01. The van der Waals surface area contributed by atoms with Gasteiger partial charge < -0.3 is 28.5 Å². The molecule has 0 aliphatic rings. The maximum Gasteiger partial charge on any atom is 0.361 e. The number of nitrogens with zero attached hydrogens (tertiary/aromatic N) is 1. The molecule has 0 bridgehead atoms. The van der Waals surface area contributed by atoms with Gasteiger partial charge in [0.1, 0.15) is 13.2 Å². The first-order chi connectivity index (χ1) is 34.6. The zero-order valence-electron chi connectivity index (χ0n) is 46.9. The van der Waals surface area contributed by atoms with Crippen LogP contribution in [0.1, 0.15) is 258 Å². The third kappa shape index (κ3) is 54.6. The van der Waals surface area contributed by atoms with Crippen molar-refractivity contribution in [1.82, 2.24) is 0 Å². The molecule has 0 spiro atoms. The Morgan fingerprint density at radius 3 is 1.15 bits per heavy atom. The number of carboxylic acid groups (broad SMARTS) is 1. The Balaban J connectivity index is 4.23. The number of carboxylic acids is 1. The van der Waals surface area contributed by atoms with Crippen LogP contribution in [-0.4, -0.2) is 87.4 Å². The van der Waals surface area contributed by atoms with Crippen LogP contribution in [0.2, 0.25) is 0 Å². The molecule has 0 saturated heterocycles. The van der Waals surface area contributed by atoms with Gasteiger partial charge in [-0.25, -0.2) is 4.79 Å². The first-order valence-corrected chi connectivity index (χ1v) is 29.5. The lowest BCUT2D eigenvalue weighted by molar-refractivity contribution is -0.870. The zero-order chi connectivity index (χ0) is 52.0. The van der Waals surface area contributed by atoms with E-state index in [9.17, 15) is 19.5 Å². The number of aliphatic carboxylic acids is 1. The molecular formula is C62H112NO8+. The number of esters is 2. The van der Waals surface area contributed by atoms with Gasteiger partial charge >= 0.3 is 17.9 Å². The van der Waals surface area contributed by atoms with E-state index in [1.807, 2.05) is 21.1 Å². The number of rotatable bonds is 54. The zero-order valence-corrected chi connectivity index (χ0v) is 46.9. The molecule has 0 rings (SSSR count). The van der Waals surface area contributed by atoms with Crippen LogP contribution >= 0.6 is 0 Å². The van der Waals surface area contributed by atoms with Gasteiger partial charge in [0.25, 0.3) is 6.29 Å². The maximum atomic E-state index is 12.9. The van der Waals surface area contributed by atoms with Crippen LogP contribution in [0.5, 0.6) is 0 Å². The van der Waals surface area contributed by atoms with Crippen molar-refractivity contribution in [1.29, 1.82) is 0 Å². The van der Waals surface area contributed by atoms with Crippen molar-refractivity contribution < 1.29 is 42.9 Å². The molecule has 1 N–H and O–H groups in total. The van der Waals surface area contributed by atoms with Crippen molar-refractivity contribution >= 4 is 17.9 Å². The molecule has 0 aliphatic heterocycles. The van der Waals surface area contributed by atoms with Gasteiger partial charge in [0.05, 0.1) is 34.4 Å². The van der Waals surface area contributed by atoms with Gasteiger partial charge in [-0.2, -0.15) is 0 Å². The van der Waals surface area contributed by atoms with E-state index in [2.05, 4.69) is 74.6 Å². The lowest BCUT2D eigenvalue weighted by Gasteiger charge is -2.25. The number of hydrogen-bond donors (Lipinski definition) is 1. The van der Waals surface area contributed by atoms with Gasteiger partial charge in [0, 0.05) is 12.8 Å². The highest BCUT2D eigenvalue weighted by Crippen LogP contribution is 2.16. The molecule has 0 amide bonds. The number of allylic oxidation sites excluding steroid dienone is 10. The van der Waals surface area contributed by atoms with E-state index >= 15 is 0 Å². The SMILES string of the molecule is CCCCC/C=C\C/C=C\CCCCCCCCCCCC(=O)OCC(COC(OCC[N+](C)(C)C)C(=O)O)OC(=O)CCCCCCCCCCCCCC/C=C\C/C=C\C/C=C\CCCCCCC. The summed E-state index contributed by atoms with van der Waals surface area (Å²) >= 11 is 0. The topological polar surface area (TPSA) is 108 Å². The van der Waals surface area contributed by atoms with Crippen LogP contribution in [0, 0.1) is 0 Å². The first-order valence-electron chi connectivity index (χ1n) is 29.5. The Morgan fingerprint density at radius 1 is 0.423 bits per heavy atom. The van der Waals surface area contributed by atoms with Gasteiger partial charge in [-0.05, 0) is 83.5 Å². The fourth-order valence-corrected chi connectivity index (χ4v) is 8.17. The number of likely N-dealkylation sites (N-methyl/N-ethyl adjacent to an activating group) is 1. The summed E-state index contributed by atoms with van der Waals surface area (Å²) in [6.07, 6.45) is 64.3. The molecule has 0 saturated carbocycles. The van der Waals surface area contributed by atoms with E-state index in [1.54, 1.807) is 0 Å². The molecule has 71 heavy (non-hydrogen) atoms. The van der Waals surface area contributed by atoms with Gasteiger partial charge in [0.2, 0.25) is 0 Å². The summed E-state index contributed by atoms with van der Waals surface area (Å²) in [7, 11) is 5.97. The average Bonchev–Trinajstić information content (AvgIpc) is 3.34. The van der Waals surface area contributed by atoms with E-state index in [0.717, 1.165) is 57.8 Å². The van der Waals surface area contributed by atoms with Gasteiger partial charge in [-0.1, -0.05) is 222 Å². The van der Waals surface area contributed by atoms with Crippen LogP contribution in [-0.2, 0) is 33.3 Å². The second-order valence-corrected chi connectivity index (χ2v) is 20.9. The smallest absolute Gasteiger partial charge is 0.361 e. The van der Waals surface area contributed by atoms with Crippen molar-refractivity contribution in [2.45, 2.75) is 270 Å². The normalized spacial score (nSPS) is 13.2. The quantitative estimate of drug-likeness (QED) is 0.0211. The van der Waals surface area contributed by atoms with Crippen LogP contribution in [0.25, 0.3) is 0 Å². The van der Waals surface area contributed by atoms with Crippen molar-refractivity contribution in [2.24, 2.45) is 0 Å². The third-order valence-corrected chi connectivity index (χ3v) is 12.7. The van der Waals surface area contributed by atoms with Gasteiger partial charge in [-0.15, -0.1) is 0 Å². The molecule has 0 radical (unpaired) electrons. The standard InChI is InChI=1S/C62H111NO8/c1-6-8-10-12-14-16-18-20-22-24-26-27-28-29-30-31-32-33-35-37-39-41-43-45-47-49-51-53-60(65)71-58(57-70-62(61(66)67)68-55-54-63(3,4)5)56-69-59(64)52-50-48-46-44-42-40-38-36-34-25-23-21-19-17-15-13-11-9-7-2/h15,17-18,20-21,23-24,26,28-29,58,62H,6-14,16,19,22,25,27,30-57H2,1-5H3/p+1/b17-15-,20-18-,23-21-,26-24-,29-28-. The Kier molecular flexibility index (Phi) is 51.0. The number of carbonyl (C=O) groups excluding carboxylic acids is 2. The predicted molar refractivity (Wildman–Crippen MR) is 300 cm³/mol.